The molecular weight excluding hydrogens is 384 g/mol. The lowest BCUT2D eigenvalue weighted by Gasteiger charge is -2.44. The molecule has 0 heterocycles. The van der Waals surface area contributed by atoms with Gasteiger partial charge in [0, 0.05) is 6.42 Å². The molecule has 0 spiro atoms. The SMILES string of the molecule is C=C1CC[C@H](OC(=O)O)C/C1=C/C=C1\CCC[C@]2(C)[C@@H]([C@H](C)CCCC(C)C)CC[C@@H]12. The second-order valence-electron chi connectivity index (χ2n) is 11.2. The fourth-order valence-corrected chi connectivity index (χ4v) is 6.89. The number of hydrogen-bond acceptors (Lipinski definition) is 2. The van der Waals surface area contributed by atoms with Gasteiger partial charge < -0.3 is 9.84 Å². The van der Waals surface area contributed by atoms with E-state index in [1.165, 1.54) is 56.9 Å². The predicted octanol–water partition coefficient (Wildman–Crippen LogP) is 8.32. The monoisotopic (exact) mass is 428 g/mol. The van der Waals surface area contributed by atoms with Crippen LogP contribution in [0.15, 0.2) is 35.5 Å². The second kappa shape index (κ2) is 10.4. The van der Waals surface area contributed by atoms with Crippen molar-refractivity contribution < 1.29 is 14.6 Å². The summed E-state index contributed by atoms with van der Waals surface area (Å²) in [6, 6.07) is 0. The van der Waals surface area contributed by atoms with Gasteiger partial charge in [0.05, 0.1) is 0 Å². The molecule has 3 nitrogen and oxygen atoms in total. The molecule has 3 rings (SSSR count). The first-order valence-corrected chi connectivity index (χ1v) is 12.7. The van der Waals surface area contributed by atoms with Crippen LogP contribution in [0.1, 0.15) is 98.3 Å². The Morgan fingerprint density at radius 1 is 1.19 bits per heavy atom. The molecule has 0 saturated heterocycles. The number of carbonyl (C=O) groups is 1. The highest BCUT2D eigenvalue weighted by Gasteiger charge is 2.50. The smallest absolute Gasteiger partial charge is 0.450 e. The molecule has 0 bridgehead atoms. The number of allylic oxidation sites excluding steroid dienone is 4. The van der Waals surface area contributed by atoms with Crippen LogP contribution in [0, 0.1) is 29.1 Å². The summed E-state index contributed by atoms with van der Waals surface area (Å²) < 4.78 is 5.05. The predicted molar refractivity (Wildman–Crippen MR) is 128 cm³/mol. The molecule has 0 unspecified atom stereocenters. The maximum atomic E-state index is 10.9. The summed E-state index contributed by atoms with van der Waals surface area (Å²) in [6.45, 7) is 14.0. The minimum atomic E-state index is -1.17. The third kappa shape index (κ3) is 5.84. The summed E-state index contributed by atoms with van der Waals surface area (Å²) in [5.74, 6) is 3.18. The topological polar surface area (TPSA) is 46.5 Å². The Kier molecular flexibility index (Phi) is 8.10. The maximum Gasteiger partial charge on any atom is 0.506 e. The minimum Gasteiger partial charge on any atom is -0.450 e. The van der Waals surface area contributed by atoms with Gasteiger partial charge in [-0.05, 0) is 79.6 Å². The largest absolute Gasteiger partial charge is 0.506 e. The molecule has 3 heteroatoms. The highest BCUT2D eigenvalue weighted by Crippen LogP contribution is 2.60. The molecule has 0 aliphatic heterocycles. The van der Waals surface area contributed by atoms with E-state index in [1.54, 1.807) is 5.57 Å². The van der Waals surface area contributed by atoms with Gasteiger partial charge in [-0.2, -0.15) is 0 Å². The fourth-order valence-electron chi connectivity index (χ4n) is 6.89. The normalized spacial score (nSPS) is 34.9. The maximum absolute atomic E-state index is 10.9. The second-order valence-corrected chi connectivity index (χ2v) is 11.2. The fraction of sp³-hybridized carbons (Fsp3) is 0.750. The van der Waals surface area contributed by atoms with Gasteiger partial charge in [0.1, 0.15) is 6.10 Å². The van der Waals surface area contributed by atoms with Crippen molar-refractivity contribution in [3.05, 3.63) is 35.5 Å². The van der Waals surface area contributed by atoms with Crippen LogP contribution in [-0.2, 0) is 4.74 Å². The molecule has 1 N–H and O–H groups in total. The van der Waals surface area contributed by atoms with Gasteiger partial charge in [-0.25, -0.2) is 4.79 Å². The van der Waals surface area contributed by atoms with Gasteiger partial charge in [-0.15, -0.1) is 0 Å². The molecule has 0 aromatic carbocycles. The van der Waals surface area contributed by atoms with E-state index in [0.717, 1.165) is 36.2 Å². The zero-order chi connectivity index (χ0) is 22.6. The zero-order valence-electron chi connectivity index (χ0n) is 20.3. The van der Waals surface area contributed by atoms with E-state index in [9.17, 15) is 4.79 Å². The third-order valence-corrected chi connectivity index (χ3v) is 8.60. The molecule has 0 amide bonds. The van der Waals surface area contributed by atoms with E-state index in [4.69, 9.17) is 9.84 Å². The van der Waals surface area contributed by atoms with Gasteiger partial charge in [0.15, 0.2) is 0 Å². The van der Waals surface area contributed by atoms with E-state index >= 15 is 0 Å². The Balaban J connectivity index is 1.69. The average Bonchev–Trinajstić information content (AvgIpc) is 3.05. The number of carboxylic acid groups (broad SMARTS) is 1. The van der Waals surface area contributed by atoms with Crippen LogP contribution in [0.25, 0.3) is 0 Å². The zero-order valence-corrected chi connectivity index (χ0v) is 20.3. The van der Waals surface area contributed by atoms with E-state index in [-0.39, 0.29) is 6.10 Å². The molecule has 0 radical (unpaired) electrons. The minimum absolute atomic E-state index is 0.230. The first-order valence-electron chi connectivity index (χ1n) is 12.7. The standard InChI is InChI=1S/C28H44O3/c1-19(2)8-6-9-21(4)25-15-16-26-22(10-7-17-28(25,26)5)12-13-23-18-24(31-27(29)30)14-11-20(23)3/h12-13,19,21,24-26H,3,6-11,14-18H2,1-2,4-5H3,(H,29,30)/b22-12+,23-13-/t21-,24+,25-,26+,28-/m1/s1. The molecule has 3 saturated carbocycles. The van der Waals surface area contributed by atoms with Gasteiger partial charge in [-0.3, -0.25) is 0 Å². The summed E-state index contributed by atoms with van der Waals surface area (Å²) in [6.07, 6.45) is 16.1. The van der Waals surface area contributed by atoms with Crippen LogP contribution in [0.4, 0.5) is 4.79 Å². The molecule has 3 aliphatic rings. The molecule has 31 heavy (non-hydrogen) atoms. The lowest BCUT2D eigenvalue weighted by atomic mass is 9.60. The van der Waals surface area contributed by atoms with Crippen molar-refractivity contribution in [3.63, 3.8) is 0 Å². The van der Waals surface area contributed by atoms with E-state index in [2.05, 4.69) is 46.4 Å². The Labute approximate surface area is 190 Å². The van der Waals surface area contributed by atoms with Crippen molar-refractivity contribution in [1.29, 1.82) is 0 Å². The van der Waals surface area contributed by atoms with Crippen molar-refractivity contribution >= 4 is 6.16 Å². The van der Waals surface area contributed by atoms with Gasteiger partial charge in [0.2, 0.25) is 0 Å². The van der Waals surface area contributed by atoms with Crippen molar-refractivity contribution in [2.75, 3.05) is 0 Å². The van der Waals surface area contributed by atoms with Crippen LogP contribution in [0.3, 0.4) is 0 Å². The summed E-state index contributed by atoms with van der Waals surface area (Å²) in [4.78, 5) is 10.9. The Morgan fingerprint density at radius 2 is 1.97 bits per heavy atom. The first kappa shape index (κ1) is 24.1. The molecule has 174 valence electrons. The summed E-state index contributed by atoms with van der Waals surface area (Å²) >= 11 is 0. The highest BCUT2D eigenvalue weighted by atomic mass is 16.7. The van der Waals surface area contributed by atoms with Gasteiger partial charge in [0.25, 0.3) is 0 Å². The summed E-state index contributed by atoms with van der Waals surface area (Å²) in [5.41, 5.74) is 4.38. The van der Waals surface area contributed by atoms with Crippen LogP contribution in [-0.4, -0.2) is 17.4 Å². The van der Waals surface area contributed by atoms with Crippen molar-refractivity contribution in [3.8, 4) is 0 Å². The number of ether oxygens (including phenoxy) is 1. The first-order chi connectivity index (χ1) is 14.7. The van der Waals surface area contributed by atoms with E-state index < -0.39 is 6.16 Å². The Hall–Kier alpha value is -1.51. The molecule has 0 aromatic rings. The van der Waals surface area contributed by atoms with Crippen LogP contribution in [0.5, 0.6) is 0 Å². The number of rotatable bonds is 7. The quantitative estimate of drug-likeness (QED) is 0.415. The van der Waals surface area contributed by atoms with E-state index in [1.807, 2.05) is 0 Å². The summed E-state index contributed by atoms with van der Waals surface area (Å²) in [7, 11) is 0. The van der Waals surface area contributed by atoms with Crippen LogP contribution in [0.2, 0.25) is 0 Å². The Bertz CT molecular complexity index is 716. The average molecular weight is 429 g/mol. The van der Waals surface area contributed by atoms with Crippen molar-refractivity contribution in [2.45, 2.75) is 104 Å². The lowest BCUT2D eigenvalue weighted by Crippen LogP contribution is -2.36. The number of hydrogen-bond donors (Lipinski definition) is 1. The third-order valence-electron chi connectivity index (χ3n) is 8.60. The molecule has 0 aromatic heterocycles. The molecule has 5 atom stereocenters. The van der Waals surface area contributed by atoms with Gasteiger partial charge in [-0.1, -0.05) is 76.8 Å². The number of fused-ring (bicyclic) bond motifs is 1. The van der Waals surface area contributed by atoms with E-state index in [0.29, 0.717) is 17.8 Å². The highest BCUT2D eigenvalue weighted by molar-refractivity contribution is 5.57. The molecule has 3 fully saturated rings. The summed E-state index contributed by atoms with van der Waals surface area (Å²) in [5, 5.41) is 8.96. The molecular formula is C28H44O3. The Morgan fingerprint density at radius 3 is 2.68 bits per heavy atom. The van der Waals surface area contributed by atoms with Crippen molar-refractivity contribution in [1.82, 2.24) is 0 Å². The lowest BCUT2D eigenvalue weighted by molar-refractivity contribution is 0.0460. The van der Waals surface area contributed by atoms with Gasteiger partial charge >= 0.3 is 6.16 Å². The van der Waals surface area contributed by atoms with Crippen LogP contribution >= 0.6 is 0 Å². The molecule has 3 aliphatic carbocycles. The van der Waals surface area contributed by atoms with Crippen molar-refractivity contribution in [2.24, 2.45) is 29.1 Å². The van der Waals surface area contributed by atoms with Crippen LogP contribution < -0.4 is 0 Å².